The van der Waals surface area contributed by atoms with Crippen LogP contribution in [-0.2, 0) is 0 Å². The Labute approximate surface area is 111 Å². The van der Waals surface area contributed by atoms with E-state index < -0.39 is 11.9 Å². The van der Waals surface area contributed by atoms with E-state index in [0.29, 0.717) is 30.9 Å². The molecule has 1 atom stereocenters. The number of benzene rings is 1. The van der Waals surface area contributed by atoms with Gasteiger partial charge in [-0.15, -0.1) is 0 Å². The highest BCUT2D eigenvalue weighted by Crippen LogP contribution is 2.36. The summed E-state index contributed by atoms with van der Waals surface area (Å²) in [5.41, 5.74) is 0.558. The third-order valence-corrected chi connectivity index (χ3v) is 3.67. The van der Waals surface area contributed by atoms with Crippen LogP contribution in [0.15, 0.2) is 12.1 Å². The van der Waals surface area contributed by atoms with Crippen LogP contribution in [0.1, 0.15) is 24.5 Å². The molecule has 1 fully saturated rings. The van der Waals surface area contributed by atoms with Crippen LogP contribution in [0.5, 0.6) is 11.5 Å². The quantitative estimate of drug-likeness (QED) is 0.902. The zero-order chi connectivity index (χ0) is 13.2. The molecular weight excluding hydrogens is 249 g/mol. The highest BCUT2D eigenvalue weighted by molar-refractivity contribution is 5.45. The second-order valence-corrected chi connectivity index (χ2v) is 5.03. The van der Waals surface area contributed by atoms with Crippen molar-refractivity contribution in [2.45, 2.75) is 18.9 Å². The number of hydrogen-bond donors (Lipinski definition) is 1. The van der Waals surface area contributed by atoms with Gasteiger partial charge in [-0.2, -0.15) is 0 Å². The maximum atomic E-state index is 13.8. The summed E-state index contributed by atoms with van der Waals surface area (Å²) in [7, 11) is 0. The van der Waals surface area contributed by atoms with Crippen LogP contribution in [0.25, 0.3) is 0 Å². The van der Waals surface area contributed by atoms with Gasteiger partial charge in [-0.25, -0.2) is 4.39 Å². The summed E-state index contributed by atoms with van der Waals surface area (Å²) in [6, 6.07) is 3.02. The summed E-state index contributed by atoms with van der Waals surface area (Å²) in [6.45, 7) is 3.82. The van der Waals surface area contributed by atoms with Gasteiger partial charge in [0.05, 0.1) is 6.10 Å². The molecule has 0 spiro atoms. The second kappa shape index (κ2) is 5.35. The smallest absolute Gasteiger partial charge is 0.197 e. The highest BCUT2D eigenvalue weighted by Gasteiger charge is 2.21. The van der Waals surface area contributed by atoms with Gasteiger partial charge in [-0.1, -0.05) is 0 Å². The molecule has 0 saturated carbocycles. The second-order valence-electron chi connectivity index (χ2n) is 5.03. The van der Waals surface area contributed by atoms with Crippen molar-refractivity contribution >= 4 is 0 Å². The summed E-state index contributed by atoms with van der Waals surface area (Å²) in [6.07, 6.45) is 1.18. The maximum Gasteiger partial charge on any atom is 0.197 e. The Morgan fingerprint density at radius 1 is 1.26 bits per heavy atom. The van der Waals surface area contributed by atoms with Gasteiger partial charge in [-0.3, -0.25) is 0 Å². The lowest BCUT2D eigenvalue weighted by molar-refractivity contribution is 0.115. The fraction of sp³-hybridized carbons (Fsp3) is 0.571. The van der Waals surface area contributed by atoms with Crippen molar-refractivity contribution in [2.24, 2.45) is 0 Å². The van der Waals surface area contributed by atoms with Gasteiger partial charge < -0.3 is 19.5 Å². The minimum atomic E-state index is -0.661. The first kappa shape index (κ1) is 12.7. The number of fused-ring (bicyclic) bond motifs is 1. The third kappa shape index (κ3) is 2.67. The van der Waals surface area contributed by atoms with E-state index in [1.807, 2.05) is 0 Å². The monoisotopic (exact) mass is 267 g/mol. The fourth-order valence-electron chi connectivity index (χ4n) is 2.40. The van der Waals surface area contributed by atoms with E-state index in [-0.39, 0.29) is 5.75 Å². The van der Waals surface area contributed by atoms with Crippen molar-refractivity contribution in [3.63, 3.8) is 0 Å². The number of likely N-dealkylation sites (tertiary alicyclic amines) is 1. The van der Waals surface area contributed by atoms with Crippen molar-refractivity contribution < 1.29 is 19.0 Å². The predicted molar refractivity (Wildman–Crippen MR) is 68.0 cm³/mol. The number of halogens is 1. The van der Waals surface area contributed by atoms with E-state index in [4.69, 9.17) is 9.47 Å². The molecule has 5 heteroatoms. The molecule has 104 valence electrons. The van der Waals surface area contributed by atoms with Crippen LogP contribution < -0.4 is 9.47 Å². The number of ether oxygens (including phenoxy) is 2. The summed E-state index contributed by atoms with van der Waals surface area (Å²) in [4.78, 5) is 2.28. The van der Waals surface area contributed by atoms with Crippen molar-refractivity contribution in [3.8, 4) is 11.5 Å². The molecule has 0 radical (unpaired) electrons. The molecule has 2 heterocycles. The van der Waals surface area contributed by atoms with E-state index in [1.54, 1.807) is 6.07 Å². The highest BCUT2D eigenvalue weighted by atomic mass is 19.1. The number of rotatable bonds is 4. The van der Waals surface area contributed by atoms with E-state index in [9.17, 15) is 9.50 Å². The summed E-state index contributed by atoms with van der Waals surface area (Å²) < 4.78 is 24.4. The molecule has 1 aromatic carbocycles. The molecule has 0 amide bonds. The Hall–Kier alpha value is -1.33. The van der Waals surface area contributed by atoms with E-state index >= 15 is 0 Å². The van der Waals surface area contributed by atoms with Gasteiger partial charge >= 0.3 is 0 Å². The number of aliphatic hydroxyl groups is 1. The minimum Gasteiger partial charge on any atom is -0.486 e. The minimum absolute atomic E-state index is 0.157. The topological polar surface area (TPSA) is 41.9 Å². The molecule has 4 nitrogen and oxygen atoms in total. The lowest BCUT2D eigenvalue weighted by atomic mass is 10.0. The zero-order valence-corrected chi connectivity index (χ0v) is 10.8. The Kier molecular flexibility index (Phi) is 3.57. The van der Waals surface area contributed by atoms with Crippen LogP contribution >= 0.6 is 0 Å². The molecule has 1 unspecified atom stereocenters. The number of hydrogen-bond acceptors (Lipinski definition) is 4. The number of nitrogens with zero attached hydrogens (tertiary/aromatic N) is 1. The Morgan fingerprint density at radius 3 is 2.79 bits per heavy atom. The molecule has 0 aromatic heterocycles. The van der Waals surface area contributed by atoms with E-state index in [0.717, 1.165) is 19.6 Å². The Balaban J connectivity index is 1.70. The van der Waals surface area contributed by atoms with Gasteiger partial charge in [0.15, 0.2) is 17.3 Å². The first-order valence-electron chi connectivity index (χ1n) is 6.73. The van der Waals surface area contributed by atoms with Crippen LogP contribution in [-0.4, -0.2) is 42.9 Å². The molecular formula is C14H18FNO3. The van der Waals surface area contributed by atoms with Crippen LogP contribution in [0, 0.1) is 5.82 Å². The SMILES string of the molecule is OC(CCN1CCC1)c1cc(F)c2c(c1)OCCO2. The summed E-state index contributed by atoms with van der Waals surface area (Å²) in [5.74, 6) is 0.0874. The fourth-order valence-corrected chi connectivity index (χ4v) is 2.40. The zero-order valence-electron chi connectivity index (χ0n) is 10.8. The standard InChI is InChI=1S/C14H18FNO3/c15-11-8-10(9-13-14(11)19-7-6-18-13)12(17)2-5-16-3-1-4-16/h8-9,12,17H,1-7H2. The van der Waals surface area contributed by atoms with Crippen molar-refractivity contribution in [1.29, 1.82) is 0 Å². The third-order valence-electron chi connectivity index (χ3n) is 3.67. The first-order valence-corrected chi connectivity index (χ1v) is 6.73. The number of aliphatic hydroxyl groups excluding tert-OH is 1. The predicted octanol–water partition coefficient (Wildman–Crippen LogP) is 1.73. The molecule has 1 aromatic rings. The molecule has 2 aliphatic rings. The van der Waals surface area contributed by atoms with Crippen LogP contribution in [0.2, 0.25) is 0 Å². The summed E-state index contributed by atoms with van der Waals surface area (Å²) in [5, 5.41) is 10.1. The van der Waals surface area contributed by atoms with Crippen molar-refractivity contribution in [1.82, 2.24) is 4.90 Å². The average Bonchev–Trinajstić information content (AvgIpc) is 2.36. The molecule has 19 heavy (non-hydrogen) atoms. The molecule has 0 bridgehead atoms. The molecule has 3 rings (SSSR count). The van der Waals surface area contributed by atoms with Crippen LogP contribution in [0.3, 0.4) is 0 Å². The van der Waals surface area contributed by atoms with Crippen LogP contribution in [0.4, 0.5) is 4.39 Å². The van der Waals surface area contributed by atoms with Gasteiger partial charge in [-0.05, 0) is 43.6 Å². The maximum absolute atomic E-state index is 13.8. The molecule has 0 aliphatic carbocycles. The van der Waals surface area contributed by atoms with E-state index in [1.165, 1.54) is 12.5 Å². The Bertz CT molecular complexity index is 462. The molecule has 1 N–H and O–H groups in total. The normalized spacial score (nSPS) is 19.9. The van der Waals surface area contributed by atoms with E-state index in [2.05, 4.69) is 4.90 Å². The van der Waals surface area contributed by atoms with Crippen molar-refractivity contribution in [3.05, 3.63) is 23.5 Å². The largest absolute Gasteiger partial charge is 0.486 e. The van der Waals surface area contributed by atoms with Crippen molar-refractivity contribution in [2.75, 3.05) is 32.8 Å². The average molecular weight is 267 g/mol. The lowest BCUT2D eigenvalue weighted by Gasteiger charge is -2.31. The van der Waals surface area contributed by atoms with Gasteiger partial charge in [0, 0.05) is 6.54 Å². The first-order chi connectivity index (χ1) is 9.24. The lowest BCUT2D eigenvalue weighted by Crippen LogP contribution is -2.38. The van der Waals surface area contributed by atoms with Gasteiger partial charge in [0.1, 0.15) is 13.2 Å². The van der Waals surface area contributed by atoms with Gasteiger partial charge in [0.2, 0.25) is 0 Å². The molecule has 2 aliphatic heterocycles. The summed E-state index contributed by atoms with van der Waals surface area (Å²) >= 11 is 0. The molecule has 1 saturated heterocycles. The van der Waals surface area contributed by atoms with Gasteiger partial charge in [0.25, 0.3) is 0 Å². The Morgan fingerprint density at radius 2 is 2.05 bits per heavy atom.